The molecule has 0 aliphatic rings. The number of benzene rings is 1. The molecule has 1 aromatic carbocycles. The van der Waals surface area contributed by atoms with Gasteiger partial charge in [0.15, 0.2) is 0 Å². The maximum absolute atomic E-state index is 12.8. The molecule has 0 aliphatic heterocycles. The minimum Gasteiger partial charge on any atom is -0.450 e. The van der Waals surface area contributed by atoms with Crippen molar-refractivity contribution in [1.29, 1.82) is 0 Å². The second kappa shape index (κ2) is 6.51. The predicted octanol–water partition coefficient (Wildman–Crippen LogP) is 3.53. The molecule has 0 radical (unpaired) electrons. The van der Waals surface area contributed by atoms with Crippen LogP contribution in [-0.4, -0.2) is 17.7 Å². The number of ether oxygens (including phenoxy) is 1. The van der Waals surface area contributed by atoms with Gasteiger partial charge in [-0.25, -0.2) is 14.2 Å². The smallest absolute Gasteiger partial charge is 0.411 e. The fourth-order valence-corrected chi connectivity index (χ4v) is 1.51. The summed E-state index contributed by atoms with van der Waals surface area (Å²) < 4.78 is 17.5. The number of hydrogen-bond acceptors (Lipinski definition) is 4. The summed E-state index contributed by atoms with van der Waals surface area (Å²) in [5.74, 6) is 0.295. The number of halogens is 1. The third-order valence-corrected chi connectivity index (χ3v) is 2.40. The fraction of sp³-hybridized carbons (Fsp3) is 0.143. The Morgan fingerprint density at radius 3 is 2.50 bits per heavy atom. The number of anilines is 3. The Kier molecular flexibility index (Phi) is 4.49. The molecule has 1 amide bonds. The fourth-order valence-electron chi connectivity index (χ4n) is 1.51. The molecule has 0 saturated heterocycles. The van der Waals surface area contributed by atoms with E-state index in [-0.39, 0.29) is 5.82 Å². The van der Waals surface area contributed by atoms with E-state index in [1.165, 1.54) is 18.3 Å². The molecule has 1 heterocycles. The minimum atomic E-state index is -0.520. The van der Waals surface area contributed by atoms with Crippen LogP contribution in [0, 0.1) is 5.82 Å². The van der Waals surface area contributed by atoms with Gasteiger partial charge in [0.25, 0.3) is 0 Å². The summed E-state index contributed by atoms with van der Waals surface area (Å²) in [7, 11) is 0. The molecule has 0 bridgehead atoms. The summed E-state index contributed by atoms with van der Waals surface area (Å²) in [5, 5.41) is 5.56. The van der Waals surface area contributed by atoms with Gasteiger partial charge < -0.3 is 10.1 Å². The molecule has 0 aliphatic carbocycles. The second-order valence-corrected chi connectivity index (χ2v) is 3.91. The maximum Gasteiger partial charge on any atom is 0.411 e. The average Bonchev–Trinajstić information content (AvgIpc) is 2.44. The molecular weight excluding hydrogens is 261 g/mol. The molecule has 0 spiro atoms. The monoisotopic (exact) mass is 275 g/mol. The number of rotatable bonds is 4. The van der Waals surface area contributed by atoms with Crippen LogP contribution in [0.15, 0.2) is 42.6 Å². The molecule has 2 N–H and O–H groups in total. The number of hydrogen-bond donors (Lipinski definition) is 2. The summed E-state index contributed by atoms with van der Waals surface area (Å²) in [5.41, 5.74) is 1.26. The van der Waals surface area contributed by atoms with Crippen LogP contribution < -0.4 is 10.6 Å². The van der Waals surface area contributed by atoms with Gasteiger partial charge in [0.05, 0.1) is 18.5 Å². The number of carbonyl (C=O) groups is 1. The molecule has 0 unspecified atom stereocenters. The van der Waals surface area contributed by atoms with E-state index in [4.69, 9.17) is 4.74 Å². The first-order chi connectivity index (χ1) is 9.67. The van der Waals surface area contributed by atoms with E-state index in [0.29, 0.717) is 18.1 Å². The van der Waals surface area contributed by atoms with Crippen molar-refractivity contribution < 1.29 is 13.9 Å². The van der Waals surface area contributed by atoms with E-state index < -0.39 is 6.09 Å². The molecule has 0 saturated carbocycles. The van der Waals surface area contributed by atoms with Crippen LogP contribution in [0.1, 0.15) is 6.92 Å². The van der Waals surface area contributed by atoms with Crippen molar-refractivity contribution in [2.45, 2.75) is 6.92 Å². The van der Waals surface area contributed by atoms with E-state index in [9.17, 15) is 9.18 Å². The van der Waals surface area contributed by atoms with Gasteiger partial charge in [-0.3, -0.25) is 5.32 Å². The van der Waals surface area contributed by atoms with Gasteiger partial charge >= 0.3 is 6.09 Å². The third kappa shape index (κ3) is 3.94. The van der Waals surface area contributed by atoms with Crippen LogP contribution in [0.4, 0.5) is 26.4 Å². The van der Waals surface area contributed by atoms with Crippen LogP contribution >= 0.6 is 0 Å². The molecule has 2 rings (SSSR count). The summed E-state index contributed by atoms with van der Waals surface area (Å²) in [4.78, 5) is 15.3. The van der Waals surface area contributed by atoms with Gasteiger partial charge in [-0.1, -0.05) is 0 Å². The van der Waals surface area contributed by atoms with Crippen molar-refractivity contribution in [3.05, 3.63) is 48.4 Å². The third-order valence-electron chi connectivity index (χ3n) is 2.40. The Hall–Kier alpha value is -2.63. The molecule has 5 nitrogen and oxygen atoms in total. The Bertz CT molecular complexity index is 570. The van der Waals surface area contributed by atoms with Gasteiger partial charge in [-0.2, -0.15) is 0 Å². The first-order valence-electron chi connectivity index (χ1n) is 6.10. The number of nitrogens with one attached hydrogen (secondary N) is 2. The quantitative estimate of drug-likeness (QED) is 0.896. The largest absolute Gasteiger partial charge is 0.450 e. The molecule has 104 valence electrons. The van der Waals surface area contributed by atoms with Crippen molar-refractivity contribution in [1.82, 2.24) is 4.98 Å². The molecular formula is C14H14FN3O2. The number of nitrogens with zero attached hydrogens (tertiary/aromatic N) is 1. The van der Waals surface area contributed by atoms with Gasteiger partial charge in [0, 0.05) is 5.69 Å². The lowest BCUT2D eigenvalue weighted by atomic mass is 10.3. The van der Waals surface area contributed by atoms with Gasteiger partial charge in [-0.05, 0) is 43.3 Å². The zero-order valence-electron chi connectivity index (χ0n) is 10.9. The van der Waals surface area contributed by atoms with Crippen LogP contribution in [0.5, 0.6) is 0 Å². The predicted molar refractivity (Wildman–Crippen MR) is 74.6 cm³/mol. The highest BCUT2D eigenvalue weighted by Crippen LogP contribution is 2.16. The highest BCUT2D eigenvalue weighted by atomic mass is 19.1. The van der Waals surface area contributed by atoms with E-state index in [0.717, 1.165) is 5.69 Å². The number of carbonyl (C=O) groups excluding carboxylic acids is 1. The Labute approximate surface area is 115 Å². The van der Waals surface area contributed by atoms with E-state index >= 15 is 0 Å². The van der Waals surface area contributed by atoms with Crippen LogP contribution in [0.3, 0.4) is 0 Å². The molecule has 6 heteroatoms. The van der Waals surface area contributed by atoms with Gasteiger partial charge in [-0.15, -0.1) is 0 Å². The van der Waals surface area contributed by atoms with Gasteiger partial charge in [0.2, 0.25) is 0 Å². The minimum absolute atomic E-state index is 0.294. The summed E-state index contributed by atoms with van der Waals surface area (Å²) in [6, 6.07) is 9.34. The SMILES string of the molecule is CCOC(=O)Nc1ccc(Nc2ccc(F)cc2)nc1. The molecule has 20 heavy (non-hydrogen) atoms. The Morgan fingerprint density at radius 1 is 1.20 bits per heavy atom. The Morgan fingerprint density at radius 2 is 1.90 bits per heavy atom. The average molecular weight is 275 g/mol. The molecule has 0 fully saturated rings. The second-order valence-electron chi connectivity index (χ2n) is 3.91. The highest BCUT2D eigenvalue weighted by Gasteiger charge is 2.02. The van der Waals surface area contributed by atoms with Crippen molar-refractivity contribution in [2.24, 2.45) is 0 Å². The number of pyridine rings is 1. The molecule has 2 aromatic rings. The lowest BCUT2D eigenvalue weighted by Gasteiger charge is -2.07. The van der Waals surface area contributed by atoms with E-state index in [1.807, 2.05) is 0 Å². The lowest BCUT2D eigenvalue weighted by Crippen LogP contribution is -2.13. The van der Waals surface area contributed by atoms with Crippen molar-refractivity contribution in [3.63, 3.8) is 0 Å². The highest BCUT2D eigenvalue weighted by molar-refractivity contribution is 5.84. The van der Waals surface area contributed by atoms with Crippen LogP contribution in [-0.2, 0) is 4.74 Å². The summed E-state index contributed by atoms with van der Waals surface area (Å²) in [6.07, 6.45) is 0.983. The topological polar surface area (TPSA) is 63.2 Å². The standard InChI is InChI=1S/C14H14FN3O2/c1-2-20-14(19)18-12-7-8-13(16-9-12)17-11-5-3-10(15)4-6-11/h3-9H,2H2,1H3,(H,16,17)(H,18,19). The van der Waals surface area contributed by atoms with Crippen molar-refractivity contribution >= 4 is 23.3 Å². The zero-order valence-corrected chi connectivity index (χ0v) is 10.9. The number of aromatic nitrogens is 1. The van der Waals surface area contributed by atoms with Gasteiger partial charge in [0.1, 0.15) is 11.6 Å². The maximum atomic E-state index is 12.8. The Balaban J connectivity index is 1.97. The van der Waals surface area contributed by atoms with Crippen LogP contribution in [0.2, 0.25) is 0 Å². The lowest BCUT2D eigenvalue weighted by molar-refractivity contribution is 0.168. The van der Waals surface area contributed by atoms with E-state index in [2.05, 4.69) is 15.6 Å². The number of amides is 1. The van der Waals surface area contributed by atoms with E-state index in [1.54, 1.807) is 31.2 Å². The van der Waals surface area contributed by atoms with Crippen molar-refractivity contribution in [2.75, 3.05) is 17.2 Å². The molecule has 1 aromatic heterocycles. The zero-order chi connectivity index (χ0) is 14.4. The normalized spacial score (nSPS) is 9.90. The molecule has 0 atom stereocenters. The van der Waals surface area contributed by atoms with Crippen LogP contribution in [0.25, 0.3) is 0 Å². The first-order valence-corrected chi connectivity index (χ1v) is 6.10. The summed E-state index contributed by atoms with van der Waals surface area (Å²) in [6.45, 7) is 2.04. The first kappa shape index (κ1) is 13.8. The summed E-state index contributed by atoms with van der Waals surface area (Å²) >= 11 is 0. The van der Waals surface area contributed by atoms with Crippen molar-refractivity contribution in [3.8, 4) is 0 Å².